The summed E-state index contributed by atoms with van der Waals surface area (Å²) in [5.41, 5.74) is 1.42. The predicted molar refractivity (Wildman–Crippen MR) is 60.1 cm³/mol. The van der Waals surface area contributed by atoms with Crippen molar-refractivity contribution in [1.29, 1.82) is 0 Å². The largest absolute Gasteiger partial charge is 0.481 e. The fraction of sp³-hybridized carbons (Fsp3) is 0.462. The van der Waals surface area contributed by atoms with Crippen molar-refractivity contribution in [2.24, 2.45) is 10.9 Å². The summed E-state index contributed by atoms with van der Waals surface area (Å²) in [6.45, 7) is 0.760. The van der Waals surface area contributed by atoms with E-state index >= 15 is 0 Å². The van der Waals surface area contributed by atoms with Gasteiger partial charge in [0.2, 0.25) is 0 Å². The molecular weight excluding hydrogens is 186 g/mol. The van der Waals surface area contributed by atoms with Crippen molar-refractivity contribution in [2.45, 2.75) is 24.8 Å². The summed E-state index contributed by atoms with van der Waals surface area (Å²) in [6.07, 6.45) is 4.32. The first-order valence-corrected chi connectivity index (χ1v) is 5.63. The summed E-state index contributed by atoms with van der Waals surface area (Å²) in [4.78, 5) is 4.43. The Balaban J connectivity index is 1.87. The van der Waals surface area contributed by atoms with E-state index in [0.29, 0.717) is 12.0 Å². The Morgan fingerprint density at radius 3 is 2.60 bits per heavy atom. The Bertz CT molecular complexity index is 356. The van der Waals surface area contributed by atoms with Crippen LogP contribution in [-0.2, 0) is 4.74 Å². The molecule has 1 saturated carbocycles. The maximum atomic E-state index is 5.25. The van der Waals surface area contributed by atoms with Crippen molar-refractivity contribution >= 4 is 6.40 Å². The molecule has 2 nitrogen and oxygen atoms in total. The second-order valence-corrected chi connectivity index (χ2v) is 4.43. The third-order valence-electron chi connectivity index (χ3n) is 3.32. The van der Waals surface area contributed by atoms with Crippen LogP contribution in [0.15, 0.2) is 35.3 Å². The molecule has 0 aromatic heterocycles. The summed E-state index contributed by atoms with van der Waals surface area (Å²) in [7, 11) is 0. The zero-order valence-electron chi connectivity index (χ0n) is 8.67. The Hall–Kier alpha value is -1.31. The monoisotopic (exact) mass is 201 g/mol. The molecule has 0 saturated heterocycles. The molecule has 78 valence electrons. The Morgan fingerprint density at radius 1 is 1.20 bits per heavy atom. The summed E-state index contributed by atoms with van der Waals surface area (Å²) in [5.74, 6) is 1.40. The molecule has 1 aliphatic carbocycles. The van der Waals surface area contributed by atoms with Crippen LogP contribution in [-0.4, -0.2) is 19.0 Å². The van der Waals surface area contributed by atoms with Crippen molar-refractivity contribution in [1.82, 2.24) is 0 Å². The maximum Gasteiger partial charge on any atom is 0.169 e. The van der Waals surface area contributed by atoms with Crippen LogP contribution in [0.2, 0.25) is 0 Å². The molecule has 2 atom stereocenters. The molecule has 1 aromatic carbocycles. The van der Waals surface area contributed by atoms with Gasteiger partial charge in [-0.1, -0.05) is 30.3 Å². The van der Waals surface area contributed by atoms with Gasteiger partial charge in [-0.2, -0.15) is 0 Å². The lowest BCUT2D eigenvalue weighted by molar-refractivity contribution is 0.302. The van der Waals surface area contributed by atoms with Crippen LogP contribution < -0.4 is 0 Å². The third-order valence-corrected chi connectivity index (χ3v) is 3.32. The van der Waals surface area contributed by atoms with Gasteiger partial charge in [0.1, 0.15) is 6.61 Å². The van der Waals surface area contributed by atoms with Crippen LogP contribution in [0.5, 0.6) is 0 Å². The molecule has 0 amide bonds. The van der Waals surface area contributed by atoms with E-state index in [0.717, 1.165) is 12.5 Å². The summed E-state index contributed by atoms with van der Waals surface area (Å²) in [6, 6.07) is 11.1. The molecule has 0 N–H and O–H groups in total. The molecule has 1 fully saturated rings. The highest BCUT2D eigenvalue weighted by atomic mass is 16.5. The van der Waals surface area contributed by atoms with Gasteiger partial charge in [0.25, 0.3) is 0 Å². The van der Waals surface area contributed by atoms with Crippen LogP contribution in [0, 0.1) is 5.92 Å². The van der Waals surface area contributed by atoms with E-state index in [1.54, 1.807) is 6.40 Å². The average molecular weight is 201 g/mol. The van der Waals surface area contributed by atoms with Crippen molar-refractivity contribution in [2.75, 3.05) is 6.61 Å². The first kappa shape index (κ1) is 8.96. The summed E-state index contributed by atoms with van der Waals surface area (Å²) < 4.78 is 5.25. The van der Waals surface area contributed by atoms with E-state index in [2.05, 4.69) is 35.3 Å². The topological polar surface area (TPSA) is 21.6 Å². The van der Waals surface area contributed by atoms with Gasteiger partial charge in [0.05, 0.1) is 6.04 Å². The lowest BCUT2D eigenvalue weighted by atomic mass is 9.88. The SMILES string of the molecule is C1=NC(C(c2ccccc2)C2CC2)CO1. The molecule has 1 aliphatic heterocycles. The van der Waals surface area contributed by atoms with Crippen LogP contribution in [0.3, 0.4) is 0 Å². The van der Waals surface area contributed by atoms with Gasteiger partial charge in [-0.25, -0.2) is 0 Å². The highest BCUT2D eigenvalue weighted by Gasteiger charge is 2.38. The summed E-state index contributed by atoms with van der Waals surface area (Å²) >= 11 is 0. The molecule has 1 aromatic rings. The smallest absolute Gasteiger partial charge is 0.169 e. The molecule has 0 radical (unpaired) electrons. The number of nitrogens with zero attached hydrogens (tertiary/aromatic N) is 1. The van der Waals surface area contributed by atoms with Gasteiger partial charge < -0.3 is 4.74 Å². The first-order chi connectivity index (χ1) is 7.45. The predicted octanol–water partition coefficient (Wildman–Crippen LogP) is 2.61. The minimum absolute atomic E-state index is 0.347. The van der Waals surface area contributed by atoms with E-state index in [-0.39, 0.29) is 0 Å². The Morgan fingerprint density at radius 2 is 2.00 bits per heavy atom. The number of ether oxygens (including phenoxy) is 1. The average Bonchev–Trinajstić information content (AvgIpc) is 2.96. The number of hydrogen-bond donors (Lipinski definition) is 0. The lowest BCUT2D eigenvalue weighted by Gasteiger charge is -2.20. The molecule has 2 heteroatoms. The minimum atomic E-state index is 0.347. The molecule has 1 heterocycles. The number of aliphatic imine (C=N–C) groups is 1. The van der Waals surface area contributed by atoms with Crippen LogP contribution >= 0.6 is 0 Å². The van der Waals surface area contributed by atoms with E-state index < -0.39 is 0 Å². The zero-order chi connectivity index (χ0) is 10.1. The van der Waals surface area contributed by atoms with Crippen molar-refractivity contribution in [3.05, 3.63) is 35.9 Å². The fourth-order valence-electron chi connectivity index (χ4n) is 2.44. The number of hydrogen-bond acceptors (Lipinski definition) is 2. The molecular formula is C13H15NO. The van der Waals surface area contributed by atoms with Gasteiger partial charge in [0, 0.05) is 5.92 Å². The highest BCUT2D eigenvalue weighted by Crippen LogP contribution is 2.45. The number of benzene rings is 1. The molecule has 2 unspecified atom stereocenters. The standard InChI is InChI=1S/C13H15NO/c1-2-4-10(5-3-1)13(11-6-7-11)12-8-15-9-14-12/h1-5,9,11-13H,6-8H2. The molecule has 2 aliphatic rings. The fourth-order valence-corrected chi connectivity index (χ4v) is 2.44. The van der Waals surface area contributed by atoms with Crippen molar-refractivity contribution < 1.29 is 4.74 Å². The molecule has 3 rings (SSSR count). The van der Waals surface area contributed by atoms with Crippen molar-refractivity contribution in [3.63, 3.8) is 0 Å². The third kappa shape index (κ3) is 1.76. The van der Waals surface area contributed by atoms with E-state index in [4.69, 9.17) is 4.74 Å². The second kappa shape index (κ2) is 3.69. The minimum Gasteiger partial charge on any atom is -0.481 e. The maximum absolute atomic E-state index is 5.25. The van der Waals surface area contributed by atoms with Crippen molar-refractivity contribution in [3.8, 4) is 0 Å². The van der Waals surface area contributed by atoms with Crippen LogP contribution in [0.25, 0.3) is 0 Å². The van der Waals surface area contributed by atoms with Gasteiger partial charge >= 0.3 is 0 Å². The van der Waals surface area contributed by atoms with E-state index in [1.807, 2.05) is 0 Å². The normalized spacial score (nSPS) is 26.3. The Kier molecular flexibility index (Phi) is 2.20. The van der Waals surface area contributed by atoms with E-state index in [1.165, 1.54) is 18.4 Å². The quantitative estimate of drug-likeness (QED) is 0.736. The number of rotatable bonds is 3. The van der Waals surface area contributed by atoms with Crippen LogP contribution in [0.4, 0.5) is 0 Å². The summed E-state index contributed by atoms with van der Waals surface area (Å²) in [5, 5.41) is 0. The van der Waals surface area contributed by atoms with Crippen LogP contribution in [0.1, 0.15) is 24.3 Å². The van der Waals surface area contributed by atoms with Gasteiger partial charge in [-0.3, -0.25) is 4.99 Å². The molecule has 0 spiro atoms. The molecule has 15 heavy (non-hydrogen) atoms. The highest BCUT2D eigenvalue weighted by molar-refractivity contribution is 5.49. The van der Waals surface area contributed by atoms with E-state index in [9.17, 15) is 0 Å². The lowest BCUT2D eigenvalue weighted by Crippen LogP contribution is -2.20. The zero-order valence-corrected chi connectivity index (χ0v) is 8.67. The molecule has 0 bridgehead atoms. The first-order valence-electron chi connectivity index (χ1n) is 5.63. The second-order valence-electron chi connectivity index (χ2n) is 4.43. The van der Waals surface area contributed by atoms with Gasteiger partial charge in [-0.15, -0.1) is 0 Å². The van der Waals surface area contributed by atoms with Gasteiger partial charge in [0.15, 0.2) is 6.40 Å². The van der Waals surface area contributed by atoms with Gasteiger partial charge in [-0.05, 0) is 24.3 Å². The Labute approximate surface area is 90.0 Å².